The summed E-state index contributed by atoms with van der Waals surface area (Å²) >= 11 is 0. The van der Waals surface area contributed by atoms with Crippen molar-refractivity contribution in [3.05, 3.63) is 18.2 Å². The predicted octanol–water partition coefficient (Wildman–Crippen LogP) is 1.89. The van der Waals surface area contributed by atoms with Gasteiger partial charge in [-0.15, -0.1) is 0 Å². The molecule has 0 spiro atoms. The number of imidazole rings is 1. The van der Waals surface area contributed by atoms with Gasteiger partial charge in [-0.05, 0) is 33.7 Å². The van der Waals surface area contributed by atoms with E-state index in [1.165, 1.54) is 12.1 Å². The standard InChI is InChI=1S/C12H21N3/c1-11(2,3)15-9-14-7-10(15)12(4)5-6-13-8-12/h7,9,13H,5-6,8H2,1-4H3. The fourth-order valence-corrected chi connectivity index (χ4v) is 2.31. The molecule has 1 saturated heterocycles. The van der Waals surface area contributed by atoms with E-state index in [9.17, 15) is 0 Å². The molecule has 1 atom stereocenters. The number of nitrogens with zero attached hydrogens (tertiary/aromatic N) is 2. The Morgan fingerprint density at radius 2 is 2.20 bits per heavy atom. The minimum absolute atomic E-state index is 0.122. The summed E-state index contributed by atoms with van der Waals surface area (Å²) in [7, 11) is 0. The third-order valence-electron chi connectivity index (χ3n) is 3.35. The quantitative estimate of drug-likeness (QED) is 0.762. The van der Waals surface area contributed by atoms with Crippen LogP contribution in [0.25, 0.3) is 0 Å². The van der Waals surface area contributed by atoms with Gasteiger partial charge >= 0.3 is 0 Å². The van der Waals surface area contributed by atoms with Gasteiger partial charge in [-0.25, -0.2) is 4.98 Å². The van der Waals surface area contributed by atoms with Gasteiger partial charge in [0.15, 0.2) is 0 Å². The molecule has 1 aliphatic rings. The van der Waals surface area contributed by atoms with E-state index in [-0.39, 0.29) is 11.0 Å². The third kappa shape index (κ3) is 1.81. The van der Waals surface area contributed by atoms with Crippen molar-refractivity contribution in [2.75, 3.05) is 13.1 Å². The summed E-state index contributed by atoms with van der Waals surface area (Å²) in [5.74, 6) is 0. The highest BCUT2D eigenvalue weighted by molar-refractivity contribution is 5.18. The number of hydrogen-bond donors (Lipinski definition) is 1. The van der Waals surface area contributed by atoms with Crippen LogP contribution >= 0.6 is 0 Å². The molecule has 0 bridgehead atoms. The van der Waals surface area contributed by atoms with E-state index in [1.807, 2.05) is 12.5 Å². The molecule has 1 aromatic heterocycles. The zero-order valence-electron chi connectivity index (χ0n) is 10.2. The summed E-state index contributed by atoms with van der Waals surface area (Å²) in [6, 6.07) is 0. The van der Waals surface area contributed by atoms with Crippen molar-refractivity contribution in [1.29, 1.82) is 0 Å². The summed E-state index contributed by atoms with van der Waals surface area (Å²) in [4.78, 5) is 4.31. The second-order valence-corrected chi connectivity index (χ2v) is 5.81. The van der Waals surface area contributed by atoms with Gasteiger partial charge in [-0.3, -0.25) is 0 Å². The van der Waals surface area contributed by atoms with Gasteiger partial charge in [0.2, 0.25) is 0 Å². The van der Waals surface area contributed by atoms with Crippen LogP contribution in [-0.2, 0) is 11.0 Å². The van der Waals surface area contributed by atoms with Crippen LogP contribution < -0.4 is 5.32 Å². The molecule has 1 N–H and O–H groups in total. The Balaban J connectivity index is 2.40. The van der Waals surface area contributed by atoms with Gasteiger partial charge in [0, 0.05) is 29.4 Å². The van der Waals surface area contributed by atoms with Crippen molar-refractivity contribution >= 4 is 0 Å². The molecule has 0 saturated carbocycles. The van der Waals surface area contributed by atoms with E-state index in [0.29, 0.717) is 0 Å². The first-order chi connectivity index (χ1) is 6.93. The molecule has 0 aliphatic carbocycles. The molecule has 3 nitrogen and oxygen atoms in total. The molecule has 0 radical (unpaired) electrons. The number of aromatic nitrogens is 2. The van der Waals surface area contributed by atoms with E-state index in [4.69, 9.17) is 0 Å². The summed E-state index contributed by atoms with van der Waals surface area (Å²) in [6.07, 6.45) is 5.19. The van der Waals surface area contributed by atoms with E-state index in [0.717, 1.165) is 13.1 Å². The normalized spacial score (nSPS) is 27.2. The molecule has 2 rings (SSSR count). The fourth-order valence-electron chi connectivity index (χ4n) is 2.31. The average molecular weight is 207 g/mol. The van der Waals surface area contributed by atoms with Gasteiger partial charge in [0.1, 0.15) is 0 Å². The maximum atomic E-state index is 4.31. The maximum Gasteiger partial charge on any atom is 0.0953 e. The van der Waals surface area contributed by atoms with E-state index in [1.54, 1.807) is 0 Å². The molecule has 2 heterocycles. The number of rotatable bonds is 1. The van der Waals surface area contributed by atoms with Gasteiger partial charge < -0.3 is 9.88 Å². The van der Waals surface area contributed by atoms with Gasteiger partial charge in [0.05, 0.1) is 6.33 Å². The predicted molar refractivity (Wildman–Crippen MR) is 62.1 cm³/mol. The number of hydrogen-bond acceptors (Lipinski definition) is 2. The van der Waals surface area contributed by atoms with E-state index < -0.39 is 0 Å². The molecule has 1 aliphatic heterocycles. The fraction of sp³-hybridized carbons (Fsp3) is 0.750. The average Bonchev–Trinajstić information content (AvgIpc) is 2.69. The third-order valence-corrected chi connectivity index (χ3v) is 3.35. The molecule has 1 unspecified atom stereocenters. The minimum Gasteiger partial charge on any atom is -0.329 e. The number of nitrogens with one attached hydrogen (secondary N) is 1. The molecule has 3 heteroatoms. The van der Waals surface area contributed by atoms with Gasteiger partial charge in [0.25, 0.3) is 0 Å². The van der Waals surface area contributed by atoms with Crippen LogP contribution in [-0.4, -0.2) is 22.6 Å². The Bertz CT molecular complexity index is 340. The van der Waals surface area contributed by atoms with Crippen LogP contribution in [0.4, 0.5) is 0 Å². The molecule has 1 fully saturated rings. The SMILES string of the molecule is CC1(c2cncn2C(C)(C)C)CCNC1. The molecular formula is C12H21N3. The minimum atomic E-state index is 0.122. The molecule has 15 heavy (non-hydrogen) atoms. The molecule has 0 amide bonds. The summed E-state index contributed by atoms with van der Waals surface area (Å²) in [5, 5.41) is 3.44. The Labute approximate surface area is 91.9 Å². The largest absolute Gasteiger partial charge is 0.329 e. The lowest BCUT2D eigenvalue weighted by Crippen LogP contribution is -2.33. The lowest BCUT2D eigenvalue weighted by atomic mass is 9.85. The lowest BCUT2D eigenvalue weighted by molar-refractivity contribution is 0.351. The first-order valence-corrected chi connectivity index (χ1v) is 5.67. The van der Waals surface area contributed by atoms with Crippen molar-refractivity contribution in [2.45, 2.75) is 45.1 Å². The van der Waals surface area contributed by atoms with Crippen molar-refractivity contribution < 1.29 is 0 Å². The van der Waals surface area contributed by atoms with Crippen LogP contribution in [0.5, 0.6) is 0 Å². The highest BCUT2D eigenvalue weighted by Gasteiger charge is 2.35. The Kier molecular flexibility index (Phi) is 2.38. The smallest absolute Gasteiger partial charge is 0.0953 e. The highest BCUT2D eigenvalue weighted by Crippen LogP contribution is 2.32. The Morgan fingerprint density at radius 3 is 2.73 bits per heavy atom. The first-order valence-electron chi connectivity index (χ1n) is 5.67. The van der Waals surface area contributed by atoms with Gasteiger partial charge in [-0.2, -0.15) is 0 Å². The lowest BCUT2D eigenvalue weighted by Gasteiger charge is -2.31. The van der Waals surface area contributed by atoms with Crippen LogP contribution in [0.1, 0.15) is 39.8 Å². The van der Waals surface area contributed by atoms with Crippen LogP contribution in [0.2, 0.25) is 0 Å². The van der Waals surface area contributed by atoms with Crippen molar-refractivity contribution in [2.24, 2.45) is 0 Å². The van der Waals surface area contributed by atoms with Gasteiger partial charge in [-0.1, -0.05) is 6.92 Å². The zero-order chi connectivity index (χ0) is 11.1. The molecule has 84 valence electrons. The maximum absolute atomic E-state index is 4.31. The summed E-state index contributed by atoms with van der Waals surface area (Å²) < 4.78 is 2.31. The van der Waals surface area contributed by atoms with Crippen molar-refractivity contribution in [1.82, 2.24) is 14.9 Å². The second-order valence-electron chi connectivity index (χ2n) is 5.81. The Morgan fingerprint density at radius 1 is 1.47 bits per heavy atom. The zero-order valence-corrected chi connectivity index (χ0v) is 10.2. The molecular weight excluding hydrogens is 186 g/mol. The van der Waals surface area contributed by atoms with Crippen molar-refractivity contribution in [3.8, 4) is 0 Å². The second kappa shape index (κ2) is 3.34. The van der Waals surface area contributed by atoms with E-state index in [2.05, 4.69) is 42.6 Å². The molecule has 0 aromatic carbocycles. The van der Waals surface area contributed by atoms with Crippen molar-refractivity contribution in [3.63, 3.8) is 0 Å². The van der Waals surface area contributed by atoms with Crippen LogP contribution in [0, 0.1) is 0 Å². The Hall–Kier alpha value is -0.830. The molecule has 1 aromatic rings. The topological polar surface area (TPSA) is 29.9 Å². The van der Waals surface area contributed by atoms with Crippen LogP contribution in [0.3, 0.4) is 0 Å². The van der Waals surface area contributed by atoms with Crippen LogP contribution in [0.15, 0.2) is 12.5 Å². The van der Waals surface area contributed by atoms with E-state index >= 15 is 0 Å². The summed E-state index contributed by atoms with van der Waals surface area (Å²) in [6.45, 7) is 11.2. The first kappa shape index (κ1) is 10.7. The monoisotopic (exact) mass is 207 g/mol. The summed E-state index contributed by atoms with van der Waals surface area (Å²) in [5.41, 5.74) is 1.74. The highest BCUT2D eigenvalue weighted by atomic mass is 15.1.